The summed E-state index contributed by atoms with van der Waals surface area (Å²) in [6.45, 7) is 10.3. The van der Waals surface area contributed by atoms with Gasteiger partial charge >= 0.3 is 0 Å². The Morgan fingerprint density at radius 2 is 1.73 bits per heavy atom. The maximum Gasteiger partial charge on any atom is 0.119 e. The van der Waals surface area contributed by atoms with Crippen LogP contribution in [0.2, 0.25) is 0 Å². The van der Waals surface area contributed by atoms with Crippen molar-refractivity contribution in [2.45, 2.75) is 45.9 Å². The van der Waals surface area contributed by atoms with E-state index in [2.05, 4.69) is 49.6 Å². The highest BCUT2D eigenvalue weighted by molar-refractivity contribution is 4.81. The van der Waals surface area contributed by atoms with Crippen molar-refractivity contribution in [3.63, 3.8) is 0 Å². The predicted octanol–water partition coefficient (Wildman–Crippen LogP) is 1.66. The minimum Gasteiger partial charge on any atom is -0.278 e. The Morgan fingerprint density at radius 1 is 1.13 bits per heavy atom. The van der Waals surface area contributed by atoms with Gasteiger partial charge in [-0.3, -0.25) is 14.7 Å². The molecule has 0 aromatic heterocycles. The van der Waals surface area contributed by atoms with Crippen molar-refractivity contribution < 1.29 is 0 Å². The van der Waals surface area contributed by atoms with E-state index in [-0.39, 0.29) is 0 Å². The Kier molecular flexibility index (Phi) is 5.03. The third-order valence-electron chi connectivity index (χ3n) is 3.76. The number of hydrogen-bond acceptors (Lipinski definition) is 3. The molecule has 1 aliphatic heterocycles. The summed E-state index contributed by atoms with van der Waals surface area (Å²) in [5, 5.41) is 0. The standard InChI is InChI=1S/C12H27N3/c1-6-11-9-10-13(4)12(14(11)5)15(7-2)8-3/h11-12H,6-10H2,1-5H3. The van der Waals surface area contributed by atoms with E-state index in [9.17, 15) is 0 Å². The van der Waals surface area contributed by atoms with Crippen LogP contribution >= 0.6 is 0 Å². The first kappa shape index (κ1) is 12.9. The van der Waals surface area contributed by atoms with Crippen molar-refractivity contribution >= 4 is 0 Å². The van der Waals surface area contributed by atoms with Crippen LogP contribution in [0.15, 0.2) is 0 Å². The number of rotatable bonds is 4. The molecule has 1 heterocycles. The van der Waals surface area contributed by atoms with Crippen LogP contribution in [-0.2, 0) is 0 Å². The van der Waals surface area contributed by atoms with Crippen molar-refractivity contribution in [1.29, 1.82) is 0 Å². The molecule has 3 nitrogen and oxygen atoms in total. The second-order valence-electron chi connectivity index (χ2n) is 4.56. The monoisotopic (exact) mass is 213 g/mol. The van der Waals surface area contributed by atoms with Crippen LogP contribution in [0.3, 0.4) is 0 Å². The highest BCUT2D eigenvalue weighted by Crippen LogP contribution is 2.21. The molecule has 0 saturated carbocycles. The molecule has 2 unspecified atom stereocenters. The summed E-state index contributed by atoms with van der Waals surface area (Å²) in [5.74, 6) is 0. The second-order valence-corrected chi connectivity index (χ2v) is 4.56. The Hall–Kier alpha value is -0.120. The van der Waals surface area contributed by atoms with Gasteiger partial charge in [-0.05, 0) is 40.0 Å². The average Bonchev–Trinajstić information content (AvgIpc) is 2.24. The maximum absolute atomic E-state index is 2.54. The lowest BCUT2D eigenvalue weighted by Gasteiger charge is -2.49. The number of hydrogen-bond donors (Lipinski definition) is 0. The Bertz CT molecular complexity index is 180. The predicted molar refractivity (Wildman–Crippen MR) is 65.8 cm³/mol. The Morgan fingerprint density at radius 3 is 2.20 bits per heavy atom. The zero-order chi connectivity index (χ0) is 11.4. The van der Waals surface area contributed by atoms with E-state index in [1.165, 1.54) is 19.4 Å². The van der Waals surface area contributed by atoms with Gasteiger partial charge in [-0.2, -0.15) is 0 Å². The molecule has 3 heteroatoms. The van der Waals surface area contributed by atoms with Crippen molar-refractivity contribution in [3.05, 3.63) is 0 Å². The molecule has 0 radical (unpaired) electrons. The van der Waals surface area contributed by atoms with Gasteiger partial charge in [0.05, 0.1) is 0 Å². The quantitative estimate of drug-likeness (QED) is 0.703. The van der Waals surface area contributed by atoms with Gasteiger partial charge in [0.2, 0.25) is 0 Å². The molecule has 1 saturated heterocycles. The van der Waals surface area contributed by atoms with E-state index < -0.39 is 0 Å². The molecular formula is C12H27N3. The first-order chi connectivity index (χ1) is 7.15. The van der Waals surface area contributed by atoms with Crippen LogP contribution in [0.5, 0.6) is 0 Å². The van der Waals surface area contributed by atoms with Gasteiger partial charge in [0.25, 0.3) is 0 Å². The fourth-order valence-corrected chi connectivity index (χ4v) is 2.75. The van der Waals surface area contributed by atoms with Crippen molar-refractivity contribution in [2.24, 2.45) is 0 Å². The van der Waals surface area contributed by atoms with Crippen molar-refractivity contribution in [1.82, 2.24) is 14.7 Å². The van der Waals surface area contributed by atoms with E-state index in [1.54, 1.807) is 0 Å². The summed E-state index contributed by atoms with van der Waals surface area (Å²) in [6.07, 6.45) is 3.07. The van der Waals surface area contributed by atoms with Gasteiger partial charge in [-0.1, -0.05) is 20.8 Å². The molecular weight excluding hydrogens is 186 g/mol. The zero-order valence-corrected chi connectivity index (χ0v) is 11.0. The molecule has 2 atom stereocenters. The molecule has 0 amide bonds. The summed E-state index contributed by atoms with van der Waals surface area (Å²) in [6, 6.07) is 0.756. The lowest BCUT2D eigenvalue weighted by atomic mass is 10.1. The van der Waals surface area contributed by atoms with Gasteiger partial charge in [0.15, 0.2) is 0 Å². The summed E-state index contributed by atoms with van der Waals surface area (Å²) in [7, 11) is 4.51. The lowest BCUT2D eigenvalue weighted by Crippen LogP contribution is -2.62. The molecule has 0 spiro atoms. The topological polar surface area (TPSA) is 9.72 Å². The first-order valence-corrected chi connectivity index (χ1v) is 6.31. The van der Waals surface area contributed by atoms with E-state index >= 15 is 0 Å². The molecule has 1 fully saturated rings. The molecule has 1 rings (SSSR count). The zero-order valence-electron chi connectivity index (χ0n) is 11.0. The molecule has 90 valence electrons. The third-order valence-corrected chi connectivity index (χ3v) is 3.76. The molecule has 1 aliphatic rings. The van der Waals surface area contributed by atoms with E-state index in [4.69, 9.17) is 0 Å². The Balaban J connectivity index is 2.72. The fraction of sp³-hybridized carbons (Fsp3) is 1.00. The lowest BCUT2D eigenvalue weighted by molar-refractivity contribution is -0.0946. The van der Waals surface area contributed by atoms with Gasteiger partial charge in [0.1, 0.15) is 6.29 Å². The molecule has 15 heavy (non-hydrogen) atoms. The third kappa shape index (κ3) is 2.71. The van der Waals surface area contributed by atoms with E-state index in [0.29, 0.717) is 6.29 Å². The second kappa shape index (κ2) is 5.83. The summed E-state index contributed by atoms with van der Waals surface area (Å²) >= 11 is 0. The van der Waals surface area contributed by atoms with Gasteiger partial charge in [-0.15, -0.1) is 0 Å². The van der Waals surface area contributed by atoms with Gasteiger partial charge < -0.3 is 0 Å². The van der Waals surface area contributed by atoms with Crippen LogP contribution in [0, 0.1) is 0 Å². The van der Waals surface area contributed by atoms with Crippen molar-refractivity contribution in [3.8, 4) is 0 Å². The molecule has 0 aromatic carbocycles. The maximum atomic E-state index is 2.54. The molecule has 0 aromatic rings. The van der Waals surface area contributed by atoms with Crippen LogP contribution in [0.25, 0.3) is 0 Å². The highest BCUT2D eigenvalue weighted by atomic mass is 15.5. The number of nitrogens with zero attached hydrogens (tertiary/aromatic N) is 3. The SMILES string of the molecule is CCC1CCN(C)C(N(CC)CC)N1C. The van der Waals surface area contributed by atoms with Crippen LogP contribution in [-0.4, -0.2) is 60.8 Å². The molecule has 0 N–H and O–H groups in total. The highest BCUT2D eigenvalue weighted by Gasteiger charge is 2.32. The molecule has 0 bridgehead atoms. The first-order valence-electron chi connectivity index (χ1n) is 6.31. The summed E-state index contributed by atoms with van der Waals surface area (Å²) in [4.78, 5) is 7.54. The summed E-state index contributed by atoms with van der Waals surface area (Å²) in [5.41, 5.74) is 0. The van der Waals surface area contributed by atoms with Crippen LogP contribution < -0.4 is 0 Å². The van der Waals surface area contributed by atoms with Crippen LogP contribution in [0.4, 0.5) is 0 Å². The van der Waals surface area contributed by atoms with Gasteiger partial charge in [-0.25, -0.2) is 0 Å². The fourth-order valence-electron chi connectivity index (χ4n) is 2.75. The largest absolute Gasteiger partial charge is 0.278 e. The average molecular weight is 213 g/mol. The van der Waals surface area contributed by atoms with Gasteiger partial charge in [0, 0.05) is 12.6 Å². The smallest absolute Gasteiger partial charge is 0.119 e. The minimum absolute atomic E-state index is 0.499. The van der Waals surface area contributed by atoms with Crippen LogP contribution in [0.1, 0.15) is 33.6 Å². The minimum atomic E-state index is 0.499. The summed E-state index contributed by atoms with van der Waals surface area (Å²) < 4.78 is 0. The Labute approximate surface area is 95.0 Å². The normalized spacial score (nSPS) is 30.0. The van der Waals surface area contributed by atoms with E-state index in [1.807, 2.05) is 0 Å². The van der Waals surface area contributed by atoms with Crippen molar-refractivity contribution in [2.75, 3.05) is 33.7 Å². The molecule has 0 aliphatic carbocycles. The van der Waals surface area contributed by atoms with E-state index in [0.717, 1.165) is 19.1 Å².